The molecule has 0 saturated heterocycles. The Morgan fingerprint density at radius 2 is 2.38 bits per heavy atom. The Morgan fingerprint density at radius 1 is 1.62 bits per heavy atom. The number of aldehydes is 1. The minimum atomic E-state index is 0.247. The topological polar surface area (TPSA) is 38.3 Å². The van der Waals surface area contributed by atoms with Gasteiger partial charge in [-0.3, -0.25) is 0 Å². The summed E-state index contributed by atoms with van der Waals surface area (Å²) in [6, 6.07) is 5.19. The highest BCUT2D eigenvalue weighted by Gasteiger charge is 2.01. The first kappa shape index (κ1) is 9.86. The first-order valence-electron chi connectivity index (χ1n) is 3.79. The van der Waals surface area contributed by atoms with E-state index >= 15 is 0 Å². The number of halogens is 1. The molecule has 1 aromatic carbocycles. The fourth-order valence-electron chi connectivity index (χ4n) is 0.970. The van der Waals surface area contributed by atoms with Gasteiger partial charge in [-0.05, 0) is 18.2 Å². The van der Waals surface area contributed by atoms with Crippen LogP contribution in [-0.4, -0.2) is 19.9 Å². The Hall–Kier alpha value is -1.22. The second kappa shape index (κ2) is 4.72. The molecule has 3 nitrogen and oxygen atoms in total. The Balaban J connectivity index is 2.87. The Morgan fingerprint density at radius 3 is 3.00 bits per heavy atom. The molecule has 0 amide bonds. The van der Waals surface area contributed by atoms with E-state index in [1.54, 1.807) is 25.3 Å². The lowest BCUT2D eigenvalue weighted by atomic mass is 10.3. The Kier molecular flexibility index (Phi) is 3.58. The number of hydrogen-bond donors (Lipinski definition) is 1. The fraction of sp³-hybridized carbons (Fsp3) is 0.222. The number of anilines is 1. The van der Waals surface area contributed by atoms with Crippen LogP contribution in [0.2, 0.25) is 5.02 Å². The predicted octanol–water partition coefficient (Wildman–Crippen LogP) is 1.96. The second-order valence-corrected chi connectivity index (χ2v) is 2.83. The van der Waals surface area contributed by atoms with Gasteiger partial charge in [-0.1, -0.05) is 11.6 Å². The van der Waals surface area contributed by atoms with Gasteiger partial charge in [0.05, 0.1) is 19.3 Å². The number of benzene rings is 1. The molecular formula is C9H10ClNO2. The minimum absolute atomic E-state index is 0.247. The normalized spacial score (nSPS) is 9.38. The van der Waals surface area contributed by atoms with Gasteiger partial charge in [0.2, 0.25) is 0 Å². The molecule has 0 aliphatic rings. The Bertz CT molecular complexity index is 302. The van der Waals surface area contributed by atoms with Gasteiger partial charge in [0.25, 0.3) is 0 Å². The average molecular weight is 200 g/mol. The smallest absolute Gasteiger partial charge is 0.142 e. The number of methoxy groups -OCH3 is 1. The third-order valence-electron chi connectivity index (χ3n) is 1.54. The summed E-state index contributed by atoms with van der Waals surface area (Å²) in [6.07, 6.45) is 0.778. The number of ether oxygens (including phenoxy) is 1. The van der Waals surface area contributed by atoms with E-state index in [9.17, 15) is 4.79 Å². The van der Waals surface area contributed by atoms with Crippen LogP contribution >= 0.6 is 11.6 Å². The van der Waals surface area contributed by atoms with Gasteiger partial charge in [-0.15, -0.1) is 0 Å². The molecule has 0 radical (unpaired) electrons. The molecule has 1 rings (SSSR count). The van der Waals surface area contributed by atoms with Crippen LogP contribution in [0.3, 0.4) is 0 Å². The zero-order valence-corrected chi connectivity index (χ0v) is 7.97. The van der Waals surface area contributed by atoms with Crippen LogP contribution in [-0.2, 0) is 4.79 Å². The summed E-state index contributed by atoms with van der Waals surface area (Å²) in [7, 11) is 1.56. The van der Waals surface area contributed by atoms with Crippen molar-refractivity contribution in [3.8, 4) is 5.75 Å². The lowest BCUT2D eigenvalue weighted by molar-refractivity contribution is -0.106. The lowest BCUT2D eigenvalue weighted by Crippen LogP contribution is -2.03. The van der Waals surface area contributed by atoms with Crippen molar-refractivity contribution in [2.24, 2.45) is 0 Å². The van der Waals surface area contributed by atoms with E-state index in [1.807, 2.05) is 0 Å². The summed E-state index contributed by atoms with van der Waals surface area (Å²) < 4.78 is 5.06. The zero-order chi connectivity index (χ0) is 9.68. The predicted molar refractivity (Wildman–Crippen MR) is 52.6 cm³/mol. The molecule has 0 unspecified atom stereocenters. The molecule has 0 aliphatic carbocycles. The highest BCUT2D eigenvalue weighted by molar-refractivity contribution is 6.30. The van der Waals surface area contributed by atoms with Crippen LogP contribution in [0.4, 0.5) is 5.69 Å². The molecule has 0 atom stereocenters. The maximum absolute atomic E-state index is 10.1. The molecule has 13 heavy (non-hydrogen) atoms. The minimum Gasteiger partial charge on any atom is -0.495 e. The van der Waals surface area contributed by atoms with Crippen molar-refractivity contribution in [1.29, 1.82) is 0 Å². The lowest BCUT2D eigenvalue weighted by Gasteiger charge is -2.08. The monoisotopic (exact) mass is 199 g/mol. The number of hydrogen-bond acceptors (Lipinski definition) is 3. The van der Waals surface area contributed by atoms with E-state index in [4.69, 9.17) is 16.3 Å². The number of rotatable bonds is 4. The third-order valence-corrected chi connectivity index (χ3v) is 1.77. The van der Waals surface area contributed by atoms with Crippen molar-refractivity contribution in [1.82, 2.24) is 0 Å². The SMILES string of the molecule is COc1ccc(Cl)cc1NCC=O. The molecule has 0 saturated carbocycles. The number of carbonyl (C=O) groups is 1. The van der Waals surface area contributed by atoms with Gasteiger partial charge in [0.1, 0.15) is 12.0 Å². The van der Waals surface area contributed by atoms with E-state index in [2.05, 4.69) is 5.32 Å². The van der Waals surface area contributed by atoms with Crippen molar-refractivity contribution < 1.29 is 9.53 Å². The summed E-state index contributed by atoms with van der Waals surface area (Å²) in [4.78, 5) is 10.1. The van der Waals surface area contributed by atoms with Crippen molar-refractivity contribution in [3.05, 3.63) is 23.2 Å². The van der Waals surface area contributed by atoms with Gasteiger partial charge in [-0.2, -0.15) is 0 Å². The van der Waals surface area contributed by atoms with E-state index in [0.717, 1.165) is 12.0 Å². The van der Waals surface area contributed by atoms with Crippen LogP contribution in [0.25, 0.3) is 0 Å². The molecule has 1 aromatic rings. The zero-order valence-electron chi connectivity index (χ0n) is 7.21. The molecule has 0 heterocycles. The van der Waals surface area contributed by atoms with Crippen LogP contribution in [0, 0.1) is 0 Å². The maximum atomic E-state index is 10.1. The highest BCUT2D eigenvalue weighted by Crippen LogP contribution is 2.27. The molecule has 70 valence electrons. The van der Waals surface area contributed by atoms with E-state index in [0.29, 0.717) is 10.8 Å². The van der Waals surface area contributed by atoms with Crippen LogP contribution < -0.4 is 10.1 Å². The van der Waals surface area contributed by atoms with Crippen LogP contribution in [0.15, 0.2) is 18.2 Å². The quantitative estimate of drug-likeness (QED) is 0.754. The van der Waals surface area contributed by atoms with Crippen molar-refractivity contribution in [2.75, 3.05) is 19.0 Å². The standard InChI is InChI=1S/C9H10ClNO2/c1-13-9-3-2-7(10)6-8(9)11-4-5-12/h2-3,5-6,11H,4H2,1H3. The van der Waals surface area contributed by atoms with E-state index < -0.39 is 0 Å². The van der Waals surface area contributed by atoms with E-state index in [-0.39, 0.29) is 6.54 Å². The molecule has 0 aromatic heterocycles. The summed E-state index contributed by atoms with van der Waals surface area (Å²) in [5, 5.41) is 3.48. The van der Waals surface area contributed by atoms with Crippen LogP contribution in [0.5, 0.6) is 5.75 Å². The van der Waals surface area contributed by atoms with Gasteiger partial charge in [0.15, 0.2) is 0 Å². The van der Waals surface area contributed by atoms with Gasteiger partial charge < -0.3 is 14.8 Å². The van der Waals surface area contributed by atoms with Crippen LogP contribution in [0.1, 0.15) is 0 Å². The molecule has 0 spiro atoms. The Labute approximate surface area is 81.7 Å². The summed E-state index contributed by atoms with van der Waals surface area (Å²) in [6.45, 7) is 0.247. The molecule has 0 fully saturated rings. The fourth-order valence-corrected chi connectivity index (χ4v) is 1.14. The average Bonchev–Trinajstić information content (AvgIpc) is 2.15. The molecule has 1 N–H and O–H groups in total. The summed E-state index contributed by atoms with van der Waals surface area (Å²) in [5.74, 6) is 0.672. The van der Waals surface area contributed by atoms with Gasteiger partial charge >= 0.3 is 0 Å². The first-order chi connectivity index (χ1) is 6.27. The van der Waals surface area contributed by atoms with Crippen molar-refractivity contribution in [2.45, 2.75) is 0 Å². The molecule has 0 bridgehead atoms. The number of carbonyl (C=O) groups excluding carboxylic acids is 1. The second-order valence-electron chi connectivity index (χ2n) is 2.39. The summed E-state index contributed by atoms with van der Waals surface area (Å²) >= 11 is 5.77. The number of nitrogens with one attached hydrogen (secondary N) is 1. The van der Waals surface area contributed by atoms with E-state index in [1.165, 1.54) is 0 Å². The summed E-state index contributed by atoms with van der Waals surface area (Å²) in [5.41, 5.74) is 0.724. The van der Waals surface area contributed by atoms with Gasteiger partial charge in [-0.25, -0.2) is 0 Å². The molecule has 4 heteroatoms. The van der Waals surface area contributed by atoms with Gasteiger partial charge in [0, 0.05) is 5.02 Å². The first-order valence-corrected chi connectivity index (χ1v) is 4.16. The highest BCUT2D eigenvalue weighted by atomic mass is 35.5. The van der Waals surface area contributed by atoms with Crippen molar-refractivity contribution >= 4 is 23.6 Å². The molecule has 0 aliphatic heterocycles. The third kappa shape index (κ3) is 2.63. The molecular weight excluding hydrogens is 190 g/mol. The van der Waals surface area contributed by atoms with Crippen molar-refractivity contribution in [3.63, 3.8) is 0 Å². The largest absolute Gasteiger partial charge is 0.495 e. The maximum Gasteiger partial charge on any atom is 0.142 e.